The van der Waals surface area contributed by atoms with E-state index in [1.54, 1.807) is 0 Å². The van der Waals surface area contributed by atoms with Gasteiger partial charge in [-0.15, -0.1) is 0 Å². The zero-order chi connectivity index (χ0) is 17.7. The number of alkyl halides is 3. The van der Waals surface area contributed by atoms with Crippen molar-refractivity contribution in [2.45, 2.75) is 51.2 Å². The van der Waals surface area contributed by atoms with Crippen molar-refractivity contribution in [1.82, 2.24) is 10.3 Å². The third kappa shape index (κ3) is 4.83. The first-order chi connectivity index (χ1) is 11.3. The number of esters is 1. The second-order valence-corrected chi connectivity index (χ2v) is 6.35. The zero-order valence-corrected chi connectivity index (χ0v) is 13.9. The number of rotatable bonds is 4. The number of carbonyl (C=O) groups is 2. The van der Waals surface area contributed by atoms with Crippen molar-refractivity contribution in [1.29, 1.82) is 0 Å². The van der Waals surface area contributed by atoms with Crippen molar-refractivity contribution in [3.63, 3.8) is 0 Å². The van der Waals surface area contributed by atoms with Crippen molar-refractivity contribution < 1.29 is 27.5 Å². The maximum absolute atomic E-state index is 13.0. The van der Waals surface area contributed by atoms with Gasteiger partial charge in [-0.1, -0.05) is 30.6 Å². The number of hydrogen-bond donors (Lipinski definition) is 2. The number of aromatic nitrogens is 1. The minimum atomic E-state index is -4.81. The molecule has 0 atom stereocenters. The lowest BCUT2D eigenvalue weighted by Crippen LogP contribution is -2.39. The molecule has 1 saturated carbocycles. The molecule has 1 aromatic heterocycles. The van der Waals surface area contributed by atoms with Gasteiger partial charge in [0.1, 0.15) is 4.88 Å². The third-order valence-corrected chi connectivity index (χ3v) is 4.47. The second kappa shape index (κ2) is 7.82. The standard InChI is InChI=1S/C14H18F3N3O3S/c1-2-23-11(21)9-10(14(15,16)17)19-13(24-9)20-12(22)18-8-6-4-3-5-7-8/h8H,2-7H2,1H3,(H2,18,19,20,22). The molecule has 10 heteroatoms. The van der Waals surface area contributed by atoms with Gasteiger partial charge in [-0.2, -0.15) is 13.2 Å². The molecule has 0 radical (unpaired) electrons. The molecular weight excluding hydrogens is 347 g/mol. The molecular formula is C14H18F3N3O3S. The summed E-state index contributed by atoms with van der Waals surface area (Å²) in [6, 6.07) is -0.620. The minimum absolute atomic E-state index is 0.00493. The topological polar surface area (TPSA) is 80.3 Å². The van der Waals surface area contributed by atoms with E-state index in [4.69, 9.17) is 0 Å². The number of hydrogen-bond acceptors (Lipinski definition) is 5. The van der Waals surface area contributed by atoms with Gasteiger partial charge in [0, 0.05) is 6.04 Å². The van der Waals surface area contributed by atoms with Crippen LogP contribution in [-0.4, -0.2) is 29.6 Å². The number of anilines is 1. The van der Waals surface area contributed by atoms with Gasteiger partial charge in [0.15, 0.2) is 10.8 Å². The third-order valence-electron chi connectivity index (χ3n) is 3.52. The van der Waals surface area contributed by atoms with Crippen LogP contribution >= 0.6 is 11.3 Å². The maximum atomic E-state index is 13.0. The fraction of sp³-hybridized carbons (Fsp3) is 0.643. The van der Waals surface area contributed by atoms with Crippen molar-refractivity contribution in [3.05, 3.63) is 10.6 Å². The Kier molecular flexibility index (Phi) is 6.03. The highest BCUT2D eigenvalue weighted by Crippen LogP contribution is 2.36. The number of carbonyl (C=O) groups excluding carboxylic acids is 2. The van der Waals surface area contributed by atoms with Gasteiger partial charge in [0.25, 0.3) is 0 Å². The fourth-order valence-electron chi connectivity index (χ4n) is 2.47. The minimum Gasteiger partial charge on any atom is -0.462 e. The van der Waals surface area contributed by atoms with E-state index in [-0.39, 0.29) is 17.8 Å². The van der Waals surface area contributed by atoms with Crippen LogP contribution in [0.3, 0.4) is 0 Å². The molecule has 1 fully saturated rings. The van der Waals surface area contributed by atoms with Crippen LogP contribution in [0, 0.1) is 0 Å². The lowest BCUT2D eigenvalue weighted by Gasteiger charge is -2.22. The molecule has 1 aliphatic carbocycles. The molecule has 0 bridgehead atoms. The Morgan fingerprint density at radius 1 is 1.29 bits per heavy atom. The molecule has 1 aromatic rings. The number of nitrogens with one attached hydrogen (secondary N) is 2. The molecule has 6 nitrogen and oxygen atoms in total. The van der Waals surface area contributed by atoms with Crippen LogP contribution in [0.25, 0.3) is 0 Å². The number of urea groups is 1. The summed E-state index contributed by atoms with van der Waals surface area (Å²) >= 11 is 0.447. The van der Waals surface area contributed by atoms with Gasteiger partial charge in [0.05, 0.1) is 6.61 Å². The van der Waals surface area contributed by atoms with E-state index in [9.17, 15) is 22.8 Å². The summed E-state index contributed by atoms with van der Waals surface area (Å²) in [6.45, 7) is 1.43. The highest BCUT2D eigenvalue weighted by atomic mass is 32.1. The summed E-state index contributed by atoms with van der Waals surface area (Å²) in [4.78, 5) is 26.2. The Morgan fingerprint density at radius 3 is 2.54 bits per heavy atom. The first kappa shape index (κ1) is 18.5. The Morgan fingerprint density at radius 2 is 1.96 bits per heavy atom. The van der Waals surface area contributed by atoms with Gasteiger partial charge in [-0.05, 0) is 19.8 Å². The first-order valence-corrected chi connectivity index (χ1v) is 8.45. The van der Waals surface area contributed by atoms with E-state index in [0.717, 1.165) is 32.1 Å². The summed E-state index contributed by atoms with van der Waals surface area (Å²) in [5.41, 5.74) is -1.35. The lowest BCUT2D eigenvalue weighted by molar-refractivity contribution is -0.141. The summed E-state index contributed by atoms with van der Waals surface area (Å²) < 4.78 is 43.5. The second-order valence-electron chi connectivity index (χ2n) is 5.35. The maximum Gasteiger partial charge on any atom is 0.435 e. The normalized spacial score (nSPS) is 15.8. The Hall–Kier alpha value is -1.84. The predicted molar refractivity (Wildman–Crippen MR) is 82.1 cm³/mol. The number of halogens is 3. The van der Waals surface area contributed by atoms with Crippen LogP contribution in [0.15, 0.2) is 0 Å². The molecule has 0 aromatic carbocycles. The van der Waals surface area contributed by atoms with E-state index >= 15 is 0 Å². The van der Waals surface area contributed by atoms with E-state index < -0.39 is 28.7 Å². The van der Waals surface area contributed by atoms with Gasteiger partial charge in [0.2, 0.25) is 0 Å². The van der Waals surface area contributed by atoms with Gasteiger partial charge < -0.3 is 10.1 Å². The number of amides is 2. The van der Waals surface area contributed by atoms with Gasteiger partial charge in [-0.3, -0.25) is 5.32 Å². The summed E-state index contributed by atoms with van der Waals surface area (Å²) in [5.74, 6) is -1.11. The molecule has 2 amide bonds. The average molecular weight is 365 g/mol. The van der Waals surface area contributed by atoms with Crippen LogP contribution in [0.5, 0.6) is 0 Å². The van der Waals surface area contributed by atoms with Crippen molar-refractivity contribution in [2.75, 3.05) is 11.9 Å². The highest BCUT2D eigenvalue weighted by molar-refractivity contribution is 7.17. The molecule has 0 saturated heterocycles. The van der Waals surface area contributed by atoms with E-state index in [0.29, 0.717) is 11.3 Å². The number of thiazole rings is 1. The fourth-order valence-corrected chi connectivity index (χ4v) is 3.34. The number of ether oxygens (including phenoxy) is 1. The average Bonchev–Trinajstić information content (AvgIpc) is 2.92. The zero-order valence-electron chi connectivity index (χ0n) is 13.0. The molecule has 2 rings (SSSR count). The summed E-state index contributed by atoms with van der Waals surface area (Å²) in [7, 11) is 0. The largest absolute Gasteiger partial charge is 0.462 e. The number of nitrogens with zero attached hydrogens (tertiary/aromatic N) is 1. The molecule has 134 valence electrons. The molecule has 2 N–H and O–H groups in total. The Labute approximate surface area is 140 Å². The molecule has 0 unspecified atom stereocenters. The van der Waals surface area contributed by atoms with Crippen LogP contribution in [-0.2, 0) is 10.9 Å². The Bertz CT molecular complexity index is 598. The molecule has 1 heterocycles. The lowest BCUT2D eigenvalue weighted by atomic mass is 9.96. The molecule has 1 aliphatic rings. The predicted octanol–water partition coefficient (Wildman–Crippen LogP) is 3.79. The summed E-state index contributed by atoms with van der Waals surface area (Å²) in [5, 5.41) is 4.68. The van der Waals surface area contributed by atoms with Crippen LogP contribution in [0.2, 0.25) is 0 Å². The van der Waals surface area contributed by atoms with E-state index in [2.05, 4.69) is 20.4 Å². The van der Waals surface area contributed by atoms with Crippen LogP contribution < -0.4 is 10.6 Å². The smallest absolute Gasteiger partial charge is 0.435 e. The van der Waals surface area contributed by atoms with E-state index in [1.165, 1.54) is 6.92 Å². The first-order valence-electron chi connectivity index (χ1n) is 7.64. The van der Waals surface area contributed by atoms with Gasteiger partial charge >= 0.3 is 18.2 Å². The van der Waals surface area contributed by atoms with Gasteiger partial charge in [-0.25, -0.2) is 14.6 Å². The quantitative estimate of drug-likeness (QED) is 0.796. The SMILES string of the molecule is CCOC(=O)c1sc(NC(=O)NC2CCCCC2)nc1C(F)(F)F. The van der Waals surface area contributed by atoms with Crippen LogP contribution in [0.1, 0.15) is 54.4 Å². The van der Waals surface area contributed by atoms with Crippen molar-refractivity contribution in [2.24, 2.45) is 0 Å². The monoisotopic (exact) mass is 365 g/mol. The van der Waals surface area contributed by atoms with E-state index in [1.807, 2.05) is 0 Å². The van der Waals surface area contributed by atoms with Crippen LogP contribution in [0.4, 0.5) is 23.1 Å². The van der Waals surface area contributed by atoms with Crippen molar-refractivity contribution >= 4 is 28.5 Å². The van der Waals surface area contributed by atoms with Crippen molar-refractivity contribution in [3.8, 4) is 0 Å². The molecule has 0 spiro atoms. The Balaban J connectivity index is 2.09. The molecule has 0 aliphatic heterocycles. The highest BCUT2D eigenvalue weighted by Gasteiger charge is 2.40. The molecule has 24 heavy (non-hydrogen) atoms. The summed E-state index contributed by atoms with van der Waals surface area (Å²) in [6.07, 6.45) is 0.00365.